The SMILES string of the molecule is C#CCNC(=O)CNC(=O)c1ccc(Cl)c(S(=O)(=O)N2CCCC(C)C2)c1. The lowest BCUT2D eigenvalue weighted by Crippen LogP contribution is -2.39. The number of carbonyl (C=O) groups is 2. The predicted molar refractivity (Wildman–Crippen MR) is 103 cm³/mol. The molecule has 2 N–H and O–H groups in total. The van der Waals surface area contributed by atoms with Crippen molar-refractivity contribution in [3.8, 4) is 12.3 Å². The summed E-state index contributed by atoms with van der Waals surface area (Å²) in [4.78, 5) is 23.7. The van der Waals surface area contributed by atoms with Gasteiger partial charge in [0.15, 0.2) is 0 Å². The van der Waals surface area contributed by atoms with E-state index >= 15 is 0 Å². The van der Waals surface area contributed by atoms with Crippen LogP contribution in [-0.2, 0) is 14.8 Å². The number of piperidine rings is 1. The lowest BCUT2D eigenvalue weighted by molar-refractivity contribution is -0.119. The third-order valence-electron chi connectivity index (χ3n) is 4.23. The van der Waals surface area contributed by atoms with Crippen LogP contribution in [0, 0.1) is 18.3 Å². The molecule has 1 aliphatic heterocycles. The molecule has 1 fully saturated rings. The molecule has 1 saturated heterocycles. The Bertz CT molecular complexity index is 864. The lowest BCUT2D eigenvalue weighted by atomic mass is 10.0. The Hall–Kier alpha value is -2.08. The van der Waals surface area contributed by atoms with Gasteiger partial charge in [-0.05, 0) is 37.0 Å². The molecule has 1 atom stereocenters. The standard InChI is InChI=1S/C18H22ClN3O4S/c1-3-8-20-17(23)11-21-18(24)14-6-7-15(19)16(10-14)27(25,26)22-9-4-5-13(2)12-22/h1,6-7,10,13H,4-5,8-9,11-12H2,2H3,(H,20,23)(H,21,24). The first-order valence-corrected chi connectivity index (χ1v) is 10.4. The van der Waals surface area contributed by atoms with Gasteiger partial charge in [0.05, 0.1) is 18.1 Å². The minimum Gasteiger partial charge on any atom is -0.344 e. The highest BCUT2D eigenvalue weighted by Gasteiger charge is 2.30. The van der Waals surface area contributed by atoms with Crippen LogP contribution in [0.5, 0.6) is 0 Å². The summed E-state index contributed by atoms with van der Waals surface area (Å²) in [7, 11) is -3.80. The van der Waals surface area contributed by atoms with Gasteiger partial charge >= 0.3 is 0 Å². The molecule has 2 rings (SSSR count). The number of terminal acetylenes is 1. The van der Waals surface area contributed by atoms with E-state index in [-0.39, 0.29) is 34.5 Å². The molecule has 1 unspecified atom stereocenters. The summed E-state index contributed by atoms with van der Waals surface area (Å²) in [5.74, 6) is 1.50. The molecule has 1 aliphatic rings. The molecule has 1 heterocycles. The van der Waals surface area contributed by atoms with Crippen LogP contribution in [0.25, 0.3) is 0 Å². The summed E-state index contributed by atoms with van der Waals surface area (Å²) in [5.41, 5.74) is 0.104. The summed E-state index contributed by atoms with van der Waals surface area (Å²) in [6.45, 7) is 2.64. The van der Waals surface area contributed by atoms with E-state index in [2.05, 4.69) is 16.6 Å². The van der Waals surface area contributed by atoms with Crippen molar-refractivity contribution in [2.75, 3.05) is 26.2 Å². The number of hydrogen-bond acceptors (Lipinski definition) is 4. The van der Waals surface area contributed by atoms with Crippen molar-refractivity contribution in [2.24, 2.45) is 5.92 Å². The van der Waals surface area contributed by atoms with Crippen molar-refractivity contribution in [3.63, 3.8) is 0 Å². The molecular formula is C18H22ClN3O4S. The van der Waals surface area contributed by atoms with Crippen molar-refractivity contribution < 1.29 is 18.0 Å². The Morgan fingerprint density at radius 2 is 2.11 bits per heavy atom. The van der Waals surface area contributed by atoms with E-state index in [4.69, 9.17) is 18.0 Å². The number of nitrogens with one attached hydrogen (secondary N) is 2. The lowest BCUT2D eigenvalue weighted by Gasteiger charge is -2.30. The average Bonchev–Trinajstić information content (AvgIpc) is 2.64. The number of halogens is 1. The van der Waals surface area contributed by atoms with Crippen LogP contribution in [-0.4, -0.2) is 50.7 Å². The largest absolute Gasteiger partial charge is 0.344 e. The van der Waals surface area contributed by atoms with Crippen LogP contribution in [0.3, 0.4) is 0 Å². The van der Waals surface area contributed by atoms with E-state index in [9.17, 15) is 18.0 Å². The molecule has 146 valence electrons. The van der Waals surface area contributed by atoms with Crippen molar-refractivity contribution in [2.45, 2.75) is 24.7 Å². The smallest absolute Gasteiger partial charge is 0.251 e. The summed E-state index contributed by atoms with van der Waals surface area (Å²) in [6.07, 6.45) is 6.80. The van der Waals surface area contributed by atoms with Gasteiger partial charge < -0.3 is 10.6 Å². The zero-order chi connectivity index (χ0) is 20.0. The Morgan fingerprint density at radius 3 is 2.78 bits per heavy atom. The number of amides is 2. The molecule has 0 aromatic heterocycles. The minimum absolute atomic E-state index is 0.0524. The van der Waals surface area contributed by atoms with E-state index in [1.165, 1.54) is 22.5 Å². The predicted octanol–water partition coefficient (Wildman–Crippen LogP) is 1.24. The summed E-state index contributed by atoms with van der Waals surface area (Å²) in [5, 5.41) is 4.89. The minimum atomic E-state index is -3.80. The first-order chi connectivity index (χ1) is 12.8. The Balaban J connectivity index is 2.16. The summed E-state index contributed by atoms with van der Waals surface area (Å²) in [6, 6.07) is 4.02. The van der Waals surface area contributed by atoms with E-state index < -0.39 is 21.8 Å². The highest BCUT2D eigenvalue weighted by Crippen LogP contribution is 2.29. The van der Waals surface area contributed by atoms with Crippen molar-refractivity contribution >= 4 is 33.4 Å². The van der Waals surface area contributed by atoms with Crippen molar-refractivity contribution in [3.05, 3.63) is 28.8 Å². The monoisotopic (exact) mass is 411 g/mol. The first-order valence-electron chi connectivity index (χ1n) is 8.53. The number of benzene rings is 1. The topological polar surface area (TPSA) is 95.6 Å². The van der Waals surface area contributed by atoms with Crippen LogP contribution in [0.1, 0.15) is 30.1 Å². The molecule has 27 heavy (non-hydrogen) atoms. The molecule has 1 aromatic rings. The molecule has 2 amide bonds. The van der Waals surface area contributed by atoms with Crippen LogP contribution >= 0.6 is 11.6 Å². The van der Waals surface area contributed by atoms with Gasteiger partial charge in [-0.25, -0.2) is 8.42 Å². The maximum Gasteiger partial charge on any atom is 0.251 e. The van der Waals surface area contributed by atoms with E-state index in [0.29, 0.717) is 13.1 Å². The van der Waals surface area contributed by atoms with E-state index in [1.54, 1.807) is 0 Å². The van der Waals surface area contributed by atoms with Crippen LogP contribution in [0.4, 0.5) is 0 Å². The second-order valence-corrected chi connectivity index (χ2v) is 8.73. The van der Waals surface area contributed by atoms with Crippen molar-refractivity contribution in [1.82, 2.24) is 14.9 Å². The number of carbonyl (C=O) groups excluding carboxylic acids is 2. The maximum absolute atomic E-state index is 12.9. The molecular weight excluding hydrogens is 390 g/mol. The van der Waals surface area contributed by atoms with Gasteiger partial charge in [-0.2, -0.15) is 4.31 Å². The second-order valence-electron chi connectivity index (χ2n) is 6.42. The van der Waals surface area contributed by atoms with E-state index in [1.807, 2.05) is 6.92 Å². The van der Waals surface area contributed by atoms with Gasteiger partial charge in [-0.15, -0.1) is 6.42 Å². The molecule has 0 saturated carbocycles. The molecule has 9 heteroatoms. The average molecular weight is 412 g/mol. The maximum atomic E-state index is 12.9. The highest BCUT2D eigenvalue weighted by molar-refractivity contribution is 7.89. The Kier molecular flexibility index (Phi) is 7.25. The fraction of sp³-hybridized carbons (Fsp3) is 0.444. The van der Waals surface area contributed by atoms with Gasteiger partial charge in [0.1, 0.15) is 4.90 Å². The Morgan fingerprint density at radius 1 is 1.37 bits per heavy atom. The summed E-state index contributed by atoms with van der Waals surface area (Å²) >= 11 is 6.11. The summed E-state index contributed by atoms with van der Waals surface area (Å²) < 4.78 is 27.3. The number of rotatable bonds is 6. The molecule has 1 aromatic carbocycles. The van der Waals surface area contributed by atoms with E-state index in [0.717, 1.165) is 12.8 Å². The quantitative estimate of drug-likeness (QED) is 0.688. The van der Waals surface area contributed by atoms with Gasteiger partial charge in [-0.1, -0.05) is 24.4 Å². The van der Waals surface area contributed by atoms with Gasteiger partial charge in [0, 0.05) is 18.7 Å². The van der Waals surface area contributed by atoms with Crippen LogP contribution in [0.15, 0.2) is 23.1 Å². The first kappa shape index (κ1) is 21.2. The Labute approximate surface area is 164 Å². The fourth-order valence-corrected chi connectivity index (χ4v) is 4.92. The molecule has 0 aliphatic carbocycles. The fourth-order valence-electron chi connectivity index (χ4n) is 2.82. The third-order valence-corrected chi connectivity index (χ3v) is 6.57. The molecule has 7 nitrogen and oxygen atoms in total. The van der Waals surface area contributed by atoms with Gasteiger partial charge in [0.25, 0.3) is 5.91 Å². The normalized spacial score (nSPS) is 17.7. The number of hydrogen-bond donors (Lipinski definition) is 2. The second kappa shape index (κ2) is 9.22. The highest BCUT2D eigenvalue weighted by atomic mass is 35.5. The number of nitrogens with zero attached hydrogens (tertiary/aromatic N) is 1. The zero-order valence-electron chi connectivity index (χ0n) is 15.0. The molecule has 0 radical (unpaired) electrons. The van der Waals surface area contributed by atoms with Crippen LogP contribution < -0.4 is 10.6 Å². The van der Waals surface area contributed by atoms with Gasteiger partial charge in [0.2, 0.25) is 15.9 Å². The van der Waals surface area contributed by atoms with Crippen molar-refractivity contribution in [1.29, 1.82) is 0 Å². The van der Waals surface area contributed by atoms with Crippen LogP contribution in [0.2, 0.25) is 5.02 Å². The zero-order valence-corrected chi connectivity index (χ0v) is 16.6. The molecule has 0 bridgehead atoms. The number of sulfonamides is 1. The molecule has 0 spiro atoms. The third kappa shape index (κ3) is 5.45. The van der Waals surface area contributed by atoms with Gasteiger partial charge in [-0.3, -0.25) is 9.59 Å².